The molecule has 1 aromatic rings. The minimum absolute atomic E-state index is 0.171. The Morgan fingerprint density at radius 3 is 2.84 bits per heavy atom. The van der Waals surface area contributed by atoms with Crippen LogP contribution < -0.4 is 5.32 Å². The molecule has 2 rings (SSSR count). The third-order valence-electron chi connectivity index (χ3n) is 3.24. The summed E-state index contributed by atoms with van der Waals surface area (Å²) < 4.78 is 0. The number of nitrogens with zero attached hydrogens (tertiary/aromatic N) is 2. The van der Waals surface area contributed by atoms with E-state index in [0.29, 0.717) is 13.1 Å². The number of hydrogen-bond donors (Lipinski definition) is 2. The van der Waals surface area contributed by atoms with Gasteiger partial charge in [0.2, 0.25) is 5.91 Å². The van der Waals surface area contributed by atoms with E-state index in [1.807, 2.05) is 29.0 Å². The molecule has 0 atom stereocenters. The van der Waals surface area contributed by atoms with Crippen LogP contribution in [0.25, 0.3) is 0 Å². The topological polar surface area (TPSA) is 55.8 Å². The Labute approximate surface area is 113 Å². The maximum atomic E-state index is 12.1. The lowest BCUT2D eigenvalue weighted by Gasteiger charge is -2.29. The standard InChI is InChI=1S/C14H21N3O2/c1-16(10-12-3-2-4-13(18)9-12)11-14(19)17-7-5-15-6-8-17/h2-4,9,15,18H,5-8,10-11H2,1H3. The SMILES string of the molecule is CN(CC(=O)N1CCNCC1)Cc1cccc(O)c1. The minimum atomic E-state index is 0.171. The highest BCUT2D eigenvalue weighted by Gasteiger charge is 2.17. The fourth-order valence-corrected chi connectivity index (χ4v) is 2.27. The van der Waals surface area contributed by atoms with Gasteiger partial charge in [-0.3, -0.25) is 9.69 Å². The molecule has 0 saturated carbocycles. The number of benzene rings is 1. The van der Waals surface area contributed by atoms with E-state index in [0.717, 1.165) is 31.7 Å². The number of aromatic hydroxyl groups is 1. The average molecular weight is 263 g/mol. The smallest absolute Gasteiger partial charge is 0.236 e. The van der Waals surface area contributed by atoms with Crippen LogP contribution in [-0.4, -0.2) is 60.6 Å². The predicted octanol–water partition coefficient (Wildman–Crippen LogP) is 0.256. The van der Waals surface area contributed by atoms with E-state index in [1.54, 1.807) is 12.1 Å². The first-order chi connectivity index (χ1) is 9.15. The normalized spacial score (nSPS) is 15.8. The molecule has 1 fully saturated rings. The number of amides is 1. The van der Waals surface area contributed by atoms with Gasteiger partial charge in [0.25, 0.3) is 0 Å². The van der Waals surface area contributed by atoms with Gasteiger partial charge in [-0.15, -0.1) is 0 Å². The van der Waals surface area contributed by atoms with Crippen LogP contribution in [0.5, 0.6) is 5.75 Å². The lowest BCUT2D eigenvalue weighted by atomic mass is 10.2. The van der Waals surface area contributed by atoms with Crippen molar-refractivity contribution in [3.8, 4) is 5.75 Å². The second-order valence-corrected chi connectivity index (χ2v) is 4.97. The van der Waals surface area contributed by atoms with Crippen LogP contribution in [-0.2, 0) is 11.3 Å². The molecule has 1 aliphatic heterocycles. The Hall–Kier alpha value is -1.59. The van der Waals surface area contributed by atoms with Crippen molar-refractivity contribution in [3.63, 3.8) is 0 Å². The molecule has 0 aliphatic carbocycles. The number of carbonyl (C=O) groups is 1. The summed E-state index contributed by atoms with van der Waals surface area (Å²) in [5, 5.41) is 12.6. The summed E-state index contributed by atoms with van der Waals surface area (Å²) in [5.74, 6) is 0.434. The number of nitrogens with one attached hydrogen (secondary N) is 1. The monoisotopic (exact) mass is 263 g/mol. The first-order valence-corrected chi connectivity index (χ1v) is 6.60. The van der Waals surface area contributed by atoms with Gasteiger partial charge in [-0.2, -0.15) is 0 Å². The molecule has 104 valence electrons. The molecule has 2 N–H and O–H groups in total. The number of likely N-dealkylation sites (N-methyl/N-ethyl adjacent to an activating group) is 1. The lowest BCUT2D eigenvalue weighted by molar-refractivity contribution is -0.132. The van der Waals surface area contributed by atoms with E-state index < -0.39 is 0 Å². The van der Waals surface area contributed by atoms with Crippen LogP contribution in [0.1, 0.15) is 5.56 Å². The summed E-state index contributed by atoms with van der Waals surface area (Å²) in [7, 11) is 1.92. The summed E-state index contributed by atoms with van der Waals surface area (Å²) in [6.07, 6.45) is 0. The van der Waals surface area contributed by atoms with Crippen LogP contribution in [0, 0.1) is 0 Å². The molecule has 0 bridgehead atoms. The van der Waals surface area contributed by atoms with Crippen molar-refractivity contribution >= 4 is 5.91 Å². The second-order valence-electron chi connectivity index (χ2n) is 4.97. The largest absolute Gasteiger partial charge is 0.508 e. The molecule has 19 heavy (non-hydrogen) atoms. The third-order valence-corrected chi connectivity index (χ3v) is 3.24. The Kier molecular flexibility index (Phi) is 4.76. The van der Waals surface area contributed by atoms with Crippen molar-refractivity contribution in [1.82, 2.24) is 15.1 Å². The van der Waals surface area contributed by atoms with Crippen LogP contribution in [0.2, 0.25) is 0 Å². The highest BCUT2D eigenvalue weighted by atomic mass is 16.3. The summed E-state index contributed by atoms with van der Waals surface area (Å²) in [6, 6.07) is 7.14. The number of phenols is 1. The molecule has 1 heterocycles. The highest BCUT2D eigenvalue weighted by Crippen LogP contribution is 2.12. The van der Waals surface area contributed by atoms with Crippen molar-refractivity contribution in [1.29, 1.82) is 0 Å². The maximum absolute atomic E-state index is 12.1. The zero-order valence-corrected chi connectivity index (χ0v) is 11.3. The Morgan fingerprint density at radius 2 is 2.16 bits per heavy atom. The van der Waals surface area contributed by atoms with Crippen LogP contribution in [0.3, 0.4) is 0 Å². The first-order valence-electron chi connectivity index (χ1n) is 6.60. The molecule has 0 radical (unpaired) electrons. The Bertz CT molecular complexity index is 430. The molecule has 0 unspecified atom stereocenters. The summed E-state index contributed by atoms with van der Waals surface area (Å²) >= 11 is 0. The first kappa shape index (κ1) is 13.8. The van der Waals surface area contributed by atoms with E-state index in [2.05, 4.69) is 5.32 Å². The number of carbonyl (C=O) groups excluding carboxylic acids is 1. The average Bonchev–Trinajstić information content (AvgIpc) is 2.39. The Morgan fingerprint density at radius 1 is 1.42 bits per heavy atom. The van der Waals surface area contributed by atoms with E-state index >= 15 is 0 Å². The van der Waals surface area contributed by atoms with Gasteiger partial charge < -0.3 is 15.3 Å². The molecule has 0 spiro atoms. The zero-order chi connectivity index (χ0) is 13.7. The Balaban J connectivity index is 1.83. The van der Waals surface area contributed by atoms with Gasteiger partial charge in [0.1, 0.15) is 5.75 Å². The lowest BCUT2D eigenvalue weighted by Crippen LogP contribution is -2.49. The van der Waals surface area contributed by atoms with Crippen LogP contribution in [0.15, 0.2) is 24.3 Å². The van der Waals surface area contributed by atoms with E-state index in [-0.39, 0.29) is 11.7 Å². The van der Waals surface area contributed by atoms with E-state index in [1.165, 1.54) is 0 Å². The number of piperazine rings is 1. The zero-order valence-electron chi connectivity index (χ0n) is 11.3. The van der Waals surface area contributed by atoms with E-state index in [9.17, 15) is 9.90 Å². The molecular formula is C14H21N3O2. The maximum Gasteiger partial charge on any atom is 0.236 e. The number of phenolic OH excluding ortho intramolecular Hbond substituents is 1. The molecule has 1 amide bonds. The molecular weight excluding hydrogens is 242 g/mol. The van der Waals surface area contributed by atoms with Crippen molar-refractivity contribution < 1.29 is 9.90 Å². The van der Waals surface area contributed by atoms with Gasteiger partial charge in [-0.1, -0.05) is 12.1 Å². The highest BCUT2D eigenvalue weighted by molar-refractivity contribution is 5.78. The summed E-state index contributed by atoms with van der Waals surface area (Å²) in [5.41, 5.74) is 1.01. The summed E-state index contributed by atoms with van der Waals surface area (Å²) in [6.45, 7) is 4.41. The molecule has 5 nitrogen and oxygen atoms in total. The van der Waals surface area contributed by atoms with Crippen LogP contribution >= 0.6 is 0 Å². The third kappa shape index (κ3) is 4.22. The fourth-order valence-electron chi connectivity index (χ4n) is 2.27. The van der Waals surface area contributed by atoms with Gasteiger partial charge in [0.15, 0.2) is 0 Å². The van der Waals surface area contributed by atoms with Gasteiger partial charge in [0.05, 0.1) is 6.54 Å². The van der Waals surface area contributed by atoms with Crippen molar-refractivity contribution in [2.45, 2.75) is 6.54 Å². The molecule has 1 aromatic carbocycles. The number of hydrogen-bond acceptors (Lipinski definition) is 4. The molecule has 1 aliphatic rings. The fraction of sp³-hybridized carbons (Fsp3) is 0.500. The quantitative estimate of drug-likeness (QED) is 0.818. The van der Waals surface area contributed by atoms with Crippen molar-refractivity contribution in [2.75, 3.05) is 39.8 Å². The molecule has 5 heteroatoms. The molecule has 1 saturated heterocycles. The van der Waals surface area contributed by atoms with E-state index in [4.69, 9.17) is 0 Å². The van der Waals surface area contributed by atoms with Gasteiger partial charge in [0, 0.05) is 32.7 Å². The van der Waals surface area contributed by atoms with Crippen molar-refractivity contribution in [2.24, 2.45) is 0 Å². The predicted molar refractivity (Wildman–Crippen MR) is 73.9 cm³/mol. The van der Waals surface area contributed by atoms with Crippen LogP contribution in [0.4, 0.5) is 0 Å². The van der Waals surface area contributed by atoms with Gasteiger partial charge >= 0.3 is 0 Å². The van der Waals surface area contributed by atoms with Crippen molar-refractivity contribution in [3.05, 3.63) is 29.8 Å². The second kappa shape index (κ2) is 6.54. The molecule has 0 aromatic heterocycles. The van der Waals surface area contributed by atoms with Gasteiger partial charge in [-0.25, -0.2) is 0 Å². The minimum Gasteiger partial charge on any atom is -0.508 e. The summed E-state index contributed by atoms with van der Waals surface area (Å²) in [4.78, 5) is 15.9. The van der Waals surface area contributed by atoms with Gasteiger partial charge in [-0.05, 0) is 24.7 Å². The number of rotatable bonds is 4.